The summed E-state index contributed by atoms with van der Waals surface area (Å²) in [5.41, 5.74) is 6.17. The molecule has 6 heteroatoms. The average molecular weight is 298 g/mol. The van der Waals surface area contributed by atoms with E-state index in [0.717, 1.165) is 6.42 Å². The van der Waals surface area contributed by atoms with E-state index in [0.29, 0.717) is 31.1 Å². The number of nitrogen functional groups attached to an aromatic ring is 1. The van der Waals surface area contributed by atoms with Gasteiger partial charge in [-0.1, -0.05) is 13.8 Å². The van der Waals surface area contributed by atoms with Gasteiger partial charge in [0.25, 0.3) is 0 Å². The molecule has 1 aromatic carbocycles. The van der Waals surface area contributed by atoms with Crippen molar-refractivity contribution in [2.24, 2.45) is 5.41 Å². The fraction of sp³-hybridized carbons (Fsp3) is 0.571. The smallest absolute Gasteiger partial charge is 0.246 e. The Morgan fingerprint density at radius 3 is 2.65 bits per heavy atom. The number of hydrogen-bond acceptors (Lipinski definition) is 4. The number of hydrogen-bond donors (Lipinski definition) is 1. The highest BCUT2D eigenvalue weighted by atomic mass is 32.2. The summed E-state index contributed by atoms with van der Waals surface area (Å²) in [5.74, 6) is 0.367. The molecule has 0 saturated carbocycles. The van der Waals surface area contributed by atoms with Gasteiger partial charge in [-0.05, 0) is 37.0 Å². The van der Waals surface area contributed by atoms with Gasteiger partial charge < -0.3 is 10.5 Å². The molecule has 0 aromatic heterocycles. The van der Waals surface area contributed by atoms with E-state index in [4.69, 9.17) is 10.5 Å². The topological polar surface area (TPSA) is 72.6 Å². The van der Waals surface area contributed by atoms with Gasteiger partial charge in [0.1, 0.15) is 10.6 Å². The van der Waals surface area contributed by atoms with E-state index < -0.39 is 10.0 Å². The van der Waals surface area contributed by atoms with Gasteiger partial charge >= 0.3 is 0 Å². The molecular formula is C14H22N2O3S. The number of anilines is 1. The van der Waals surface area contributed by atoms with Crippen molar-refractivity contribution >= 4 is 15.7 Å². The average Bonchev–Trinajstić information content (AvgIpc) is 2.73. The van der Waals surface area contributed by atoms with Crippen LogP contribution in [0.25, 0.3) is 0 Å². The molecule has 0 unspecified atom stereocenters. The summed E-state index contributed by atoms with van der Waals surface area (Å²) in [5, 5.41) is 0. The minimum Gasteiger partial charge on any atom is -0.492 e. The minimum absolute atomic E-state index is 0.0131. The maximum absolute atomic E-state index is 12.8. The second kappa shape index (κ2) is 5.26. The van der Waals surface area contributed by atoms with E-state index in [1.807, 2.05) is 6.92 Å². The summed E-state index contributed by atoms with van der Waals surface area (Å²) < 4.78 is 32.5. The zero-order chi connectivity index (χ0) is 15.0. The highest BCUT2D eigenvalue weighted by molar-refractivity contribution is 7.89. The van der Waals surface area contributed by atoms with Gasteiger partial charge in [0.2, 0.25) is 10.0 Å². The van der Waals surface area contributed by atoms with Crippen molar-refractivity contribution in [3.8, 4) is 5.75 Å². The zero-order valence-corrected chi connectivity index (χ0v) is 13.0. The molecule has 1 aromatic rings. The van der Waals surface area contributed by atoms with Crippen LogP contribution in [0.5, 0.6) is 5.75 Å². The molecule has 0 amide bonds. The lowest BCUT2D eigenvalue weighted by atomic mass is 9.93. The van der Waals surface area contributed by atoms with Crippen LogP contribution >= 0.6 is 0 Å². The van der Waals surface area contributed by atoms with Gasteiger partial charge in [-0.15, -0.1) is 0 Å². The predicted molar refractivity (Wildman–Crippen MR) is 79.2 cm³/mol. The molecule has 1 heterocycles. The van der Waals surface area contributed by atoms with Gasteiger partial charge in [0.05, 0.1) is 6.61 Å². The number of sulfonamides is 1. The number of nitrogens with two attached hydrogens (primary N) is 1. The Kier molecular flexibility index (Phi) is 3.97. The summed E-state index contributed by atoms with van der Waals surface area (Å²) >= 11 is 0. The van der Waals surface area contributed by atoms with Crippen LogP contribution < -0.4 is 10.5 Å². The Morgan fingerprint density at radius 1 is 1.40 bits per heavy atom. The highest BCUT2D eigenvalue weighted by Gasteiger charge is 2.38. The number of rotatable bonds is 4. The molecule has 5 nitrogen and oxygen atoms in total. The van der Waals surface area contributed by atoms with Crippen LogP contribution in [0.15, 0.2) is 23.1 Å². The first-order valence-electron chi connectivity index (χ1n) is 6.79. The Morgan fingerprint density at radius 2 is 2.10 bits per heavy atom. The first-order chi connectivity index (χ1) is 9.26. The van der Waals surface area contributed by atoms with Crippen molar-refractivity contribution < 1.29 is 13.2 Å². The molecule has 2 N–H and O–H groups in total. The SMILES string of the molecule is CCOc1ccc(N)cc1S(=O)(=O)N1CCC(C)(C)C1. The third kappa shape index (κ3) is 2.91. The third-order valence-electron chi connectivity index (χ3n) is 3.53. The van der Waals surface area contributed by atoms with Crippen LogP contribution in [0.4, 0.5) is 5.69 Å². The van der Waals surface area contributed by atoms with E-state index in [1.165, 1.54) is 10.4 Å². The molecule has 2 rings (SSSR count). The van der Waals surface area contributed by atoms with Crippen LogP contribution in [0, 0.1) is 5.41 Å². The number of ether oxygens (including phenoxy) is 1. The zero-order valence-electron chi connectivity index (χ0n) is 12.2. The summed E-state index contributed by atoms with van der Waals surface area (Å²) in [4.78, 5) is 0.164. The van der Waals surface area contributed by atoms with Crippen molar-refractivity contribution in [1.82, 2.24) is 4.31 Å². The molecule has 112 valence electrons. The second-order valence-electron chi connectivity index (χ2n) is 5.89. The van der Waals surface area contributed by atoms with E-state index in [1.54, 1.807) is 12.1 Å². The van der Waals surface area contributed by atoms with Gasteiger partial charge in [-0.25, -0.2) is 8.42 Å². The molecule has 20 heavy (non-hydrogen) atoms. The van der Waals surface area contributed by atoms with Crippen LogP contribution in [0.1, 0.15) is 27.2 Å². The van der Waals surface area contributed by atoms with Gasteiger partial charge in [0, 0.05) is 18.8 Å². The second-order valence-corrected chi connectivity index (χ2v) is 7.80. The minimum atomic E-state index is -3.56. The summed E-state index contributed by atoms with van der Waals surface area (Å²) in [6.07, 6.45) is 0.860. The Balaban J connectivity index is 2.41. The fourth-order valence-electron chi connectivity index (χ4n) is 2.41. The summed E-state index contributed by atoms with van der Waals surface area (Å²) in [7, 11) is -3.56. The van der Waals surface area contributed by atoms with Crippen molar-refractivity contribution in [2.75, 3.05) is 25.4 Å². The molecular weight excluding hydrogens is 276 g/mol. The van der Waals surface area contributed by atoms with Gasteiger partial charge in [-0.2, -0.15) is 4.31 Å². The Bertz CT molecular complexity index is 596. The lowest BCUT2D eigenvalue weighted by molar-refractivity contribution is 0.328. The molecule has 1 fully saturated rings. The number of nitrogens with zero attached hydrogens (tertiary/aromatic N) is 1. The van der Waals surface area contributed by atoms with Crippen LogP contribution in [0.3, 0.4) is 0 Å². The molecule has 1 aliphatic rings. The summed E-state index contributed by atoms with van der Waals surface area (Å²) in [6.45, 7) is 7.45. The van der Waals surface area contributed by atoms with Gasteiger partial charge in [0.15, 0.2) is 0 Å². The summed E-state index contributed by atoms with van der Waals surface area (Å²) in [6, 6.07) is 4.75. The molecule has 1 aliphatic heterocycles. The first-order valence-corrected chi connectivity index (χ1v) is 8.23. The standard InChI is InChI=1S/C14H22N2O3S/c1-4-19-12-6-5-11(15)9-13(12)20(17,18)16-8-7-14(2,3)10-16/h5-6,9H,4,7-8,10,15H2,1-3H3. The molecule has 0 spiro atoms. The van der Waals surface area contributed by atoms with Crippen molar-refractivity contribution in [3.05, 3.63) is 18.2 Å². The lowest BCUT2D eigenvalue weighted by Gasteiger charge is -2.21. The van der Waals surface area contributed by atoms with Crippen LogP contribution in [-0.4, -0.2) is 32.4 Å². The molecule has 0 bridgehead atoms. The Hall–Kier alpha value is -1.27. The maximum atomic E-state index is 12.8. The molecule has 1 saturated heterocycles. The van der Waals surface area contributed by atoms with Crippen molar-refractivity contribution in [2.45, 2.75) is 32.1 Å². The molecule has 0 atom stereocenters. The molecule has 0 radical (unpaired) electrons. The quantitative estimate of drug-likeness (QED) is 0.864. The van der Waals surface area contributed by atoms with Crippen molar-refractivity contribution in [3.63, 3.8) is 0 Å². The van der Waals surface area contributed by atoms with E-state index in [-0.39, 0.29) is 10.3 Å². The van der Waals surface area contributed by atoms with E-state index in [9.17, 15) is 8.42 Å². The van der Waals surface area contributed by atoms with E-state index in [2.05, 4.69) is 13.8 Å². The monoisotopic (exact) mass is 298 g/mol. The van der Waals surface area contributed by atoms with Gasteiger partial charge in [-0.3, -0.25) is 0 Å². The predicted octanol–water partition coefficient (Wildman–Crippen LogP) is 2.09. The third-order valence-corrected chi connectivity index (χ3v) is 5.39. The normalized spacial score (nSPS) is 19.1. The highest BCUT2D eigenvalue weighted by Crippen LogP contribution is 2.36. The fourth-order valence-corrected chi connectivity index (χ4v) is 4.20. The van der Waals surface area contributed by atoms with E-state index >= 15 is 0 Å². The largest absolute Gasteiger partial charge is 0.492 e. The van der Waals surface area contributed by atoms with Crippen LogP contribution in [0.2, 0.25) is 0 Å². The van der Waals surface area contributed by atoms with Crippen molar-refractivity contribution in [1.29, 1.82) is 0 Å². The maximum Gasteiger partial charge on any atom is 0.246 e. The molecule has 0 aliphatic carbocycles. The lowest BCUT2D eigenvalue weighted by Crippen LogP contribution is -2.30. The van der Waals surface area contributed by atoms with Crippen LogP contribution in [-0.2, 0) is 10.0 Å². The number of benzene rings is 1. The first kappa shape index (κ1) is 15.1. The Labute approximate surface area is 120 Å².